The van der Waals surface area contributed by atoms with Crippen LogP contribution in [0.2, 0.25) is 0 Å². The number of carbonyl (C=O) groups is 2. The molecule has 2 amide bonds. The predicted octanol–water partition coefficient (Wildman–Crippen LogP) is 5.61. The number of pyridine rings is 1. The Kier molecular flexibility index (Phi) is 8.86. The highest BCUT2D eigenvalue weighted by molar-refractivity contribution is 9.10. The van der Waals surface area contributed by atoms with Crippen LogP contribution in [0.15, 0.2) is 39.9 Å². The Morgan fingerprint density at radius 2 is 1.79 bits per heavy atom. The van der Waals surface area contributed by atoms with E-state index in [1.54, 1.807) is 23.3 Å². The van der Waals surface area contributed by atoms with Gasteiger partial charge in [-0.15, -0.1) is 5.10 Å². The van der Waals surface area contributed by atoms with Gasteiger partial charge in [0.2, 0.25) is 11.7 Å². The molecule has 53 heavy (non-hydrogen) atoms. The number of amides is 2. The zero-order chi connectivity index (χ0) is 38.1. The number of likely N-dealkylation sites (tertiary alicyclic amines) is 1. The van der Waals surface area contributed by atoms with E-state index < -0.39 is 46.9 Å². The minimum Gasteiger partial charge on any atom is -0.504 e. The average molecular weight is 799 g/mol. The maximum absolute atomic E-state index is 15.4. The van der Waals surface area contributed by atoms with Gasteiger partial charge in [-0.25, -0.2) is 14.4 Å². The van der Waals surface area contributed by atoms with Crippen molar-refractivity contribution in [3.05, 3.63) is 90.8 Å². The van der Waals surface area contributed by atoms with E-state index in [0.717, 1.165) is 22.7 Å². The summed E-state index contributed by atoms with van der Waals surface area (Å²) in [5.41, 5.74) is -0.357. The fourth-order valence-corrected chi connectivity index (χ4v) is 8.08. The van der Waals surface area contributed by atoms with Gasteiger partial charge in [-0.3, -0.25) is 19.4 Å². The third-order valence-electron chi connectivity index (χ3n) is 10.1. The van der Waals surface area contributed by atoms with Crippen LogP contribution in [0.5, 0.6) is 5.75 Å². The van der Waals surface area contributed by atoms with Crippen LogP contribution in [0.25, 0.3) is 17.2 Å². The van der Waals surface area contributed by atoms with Crippen molar-refractivity contribution in [2.45, 2.75) is 71.0 Å². The number of aromatic hydroxyl groups is 1. The van der Waals surface area contributed by atoms with E-state index in [4.69, 9.17) is 0 Å². The van der Waals surface area contributed by atoms with Gasteiger partial charge in [0.1, 0.15) is 12.9 Å². The quantitative estimate of drug-likeness (QED) is 0.216. The van der Waals surface area contributed by atoms with Crippen LogP contribution in [0.4, 0.5) is 23.2 Å². The van der Waals surface area contributed by atoms with Gasteiger partial charge < -0.3 is 19.9 Å². The van der Waals surface area contributed by atoms with Crippen molar-refractivity contribution in [3.8, 4) is 17.1 Å². The molecule has 2 N–H and O–H groups in total. The second-order valence-corrected chi connectivity index (χ2v) is 14.4. The number of hydrogen-bond donors (Lipinski definition) is 2. The fourth-order valence-electron chi connectivity index (χ4n) is 7.61. The number of benzene rings is 1. The molecule has 4 aromatic heterocycles. The predicted molar refractivity (Wildman–Crippen MR) is 186 cm³/mol. The summed E-state index contributed by atoms with van der Waals surface area (Å²) < 4.78 is 57.9. The molecule has 5 heterocycles. The molecular formula is C35H32BrF4N9O4. The summed E-state index contributed by atoms with van der Waals surface area (Å²) in [5.74, 6) is -2.48. The second kappa shape index (κ2) is 13.0. The molecule has 1 fully saturated rings. The smallest absolute Gasteiger partial charge is 0.416 e. The number of alkyl halides is 3. The molecule has 1 aliphatic heterocycles. The minimum absolute atomic E-state index is 0.0127. The van der Waals surface area contributed by atoms with Gasteiger partial charge in [-0.1, -0.05) is 6.92 Å². The van der Waals surface area contributed by atoms with Crippen LogP contribution in [0.3, 0.4) is 0 Å². The van der Waals surface area contributed by atoms with Gasteiger partial charge in [0, 0.05) is 39.9 Å². The van der Waals surface area contributed by atoms with Crippen LogP contribution in [0.1, 0.15) is 76.5 Å². The maximum atomic E-state index is 15.4. The molecule has 0 bridgehead atoms. The van der Waals surface area contributed by atoms with Crippen molar-refractivity contribution in [1.29, 1.82) is 0 Å². The SMILES string of the molecule is Cc1cc(-c2nc3n(CC(=O)Nc4ccc(C(F)(F)F)cc4Br)c4c(c(=O)n3n2)C2(CCN(C(=O)c3ncnc(C)c3O)CC2)CC4C)c(F)c(C)n1. The number of nitrogens with one attached hydrogen (secondary N) is 1. The maximum Gasteiger partial charge on any atom is 0.416 e. The van der Waals surface area contributed by atoms with E-state index in [-0.39, 0.29) is 69.2 Å². The van der Waals surface area contributed by atoms with Gasteiger partial charge in [0.25, 0.3) is 11.5 Å². The number of nitrogens with zero attached hydrogens (tertiary/aromatic N) is 8. The lowest BCUT2D eigenvalue weighted by Gasteiger charge is -2.39. The number of fused-ring (bicyclic) bond motifs is 3. The van der Waals surface area contributed by atoms with Gasteiger partial charge in [-0.05, 0) is 86.1 Å². The normalized spacial score (nSPS) is 16.7. The first-order valence-electron chi connectivity index (χ1n) is 16.6. The van der Waals surface area contributed by atoms with Crippen LogP contribution in [0, 0.1) is 26.6 Å². The first-order valence-corrected chi connectivity index (χ1v) is 17.4. The van der Waals surface area contributed by atoms with Gasteiger partial charge >= 0.3 is 6.18 Å². The summed E-state index contributed by atoms with van der Waals surface area (Å²) in [5, 5.41) is 17.6. The Bertz CT molecular complexity index is 2400. The van der Waals surface area contributed by atoms with Crippen molar-refractivity contribution < 1.29 is 32.3 Å². The molecule has 13 nitrogen and oxygen atoms in total. The molecule has 2 aliphatic rings. The summed E-state index contributed by atoms with van der Waals surface area (Å²) >= 11 is 3.12. The lowest BCUT2D eigenvalue weighted by atomic mass is 9.73. The first-order chi connectivity index (χ1) is 25.0. The zero-order valence-electron chi connectivity index (χ0n) is 28.8. The molecule has 1 saturated heterocycles. The Hall–Kier alpha value is -5.26. The number of anilines is 1. The third kappa shape index (κ3) is 6.21. The van der Waals surface area contributed by atoms with Crippen LogP contribution >= 0.6 is 15.9 Å². The second-order valence-electron chi connectivity index (χ2n) is 13.6. The molecule has 5 aromatic rings. The minimum atomic E-state index is -4.59. The molecule has 1 atom stereocenters. The zero-order valence-corrected chi connectivity index (χ0v) is 30.4. The van der Waals surface area contributed by atoms with Crippen molar-refractivity contribution >= 4 is 39.2 Å². The van der Waals surface area contributed by atoms with Gasteiger partial charge in [0.05, 0.1) is 28.2 Å². The van der Waals surface area contributed by atoms with Crippen LogP contribution in [-0.4, -0.2) is 69.0 Å². The molecule has 1 spiro atoms. The largest absolute Gasteiger partial charge is 0.504 e. The Morgan fingerprint density at radius 1 is 1.08 bits per heavy atom. The molecule has 1 aliphatic carbocycles. The molecule has 1 aromatic carbocycles. The van der Waals surface area contributed by atoms with E-state index in [2.05, 4.69) is 46.3 Å². The van der Waals surface area contributed by atoms with Crippen LogP contribution in [-0.2, 0) is 22.9 Å². The molecular weight excluding hydrogens is 766 g/mol. The van der Waals surface area contributed by atoms with Crippen molar-refractivity contribution in [1.82, 2.24) is 39.0 Å². The summed E-state index contributed by atoms with van der Waals surface area (Å²) in [7, 11) is 0. The highest BCUT2D eigenvalue weighted by Gasteiger charge is 2.49. The standard InChI is InChI=1S/C35H32BrF4N9O4/c1-16-13-34(7-9-47(10-8-34)32(53)27-29(51)19(4)41-15-42-27)25-28(16)48(14-24(50)44-23-6-5-20(12-22(23)36)35(38,39)40)33-45-30(46-49(33)31(25)52)21-11-17(2)43-18(3)26(21)37/h5-6,11-12,15-16,51H,7-10,13-14H2,1-4H3,(H,44,50). The molecule has 7 rings (SSSR count). The van der Waals surface area contributed by atoms with Crippen molar-refractivity contribution in [3.63, 3.8) is 0 Å². The topological polar surface area (TPSA) is 160 Å². The number of hydrogen-bond acceptors (Lipinski definition) is 9. The number of carbonyl (C=O) groups excluding carboxylic acids is 2. The first kappa shape index (κ1) is 36.1. The number of aryl methyl sites for hydroxylation is 3. The lowest BCUT2D eigenvalue weighted by molar-refractivity contribution is -0.137. The molecule has 276 valence electrons. The molecule has 18 heteroatoms. The summed E-state index contributed by atoms with van der Waals surface area (Å²) in [6.07, 6.45) is -2.15. The molecule has 1 unspecified atom stereocenters. The summed E-state index contributed by atoms with van der Waals surface area (Å²) in [4.78, 5) is 59.8. The number of piperidine rings is 1. The summed E-state index contributed by atoms with van der Waals surface area (Å²) in [6, 6.07) is 4.31. The number of aromatic nitrogens is 7. The number of halogens is 5. The van der Waals surface area contributed by atoms with Gasteiger partial charge in [-0.2, -0.15) is 22.7 Å². The monoisotopic (exact) mass is 797 g/mol. The lowest BCUT2D eigenvalue weighted by Crippen LogP contribution is -2.46. The molecule has 0 radical (unpaired) electrons. The Balaban J connectivity index is 1.31. The van der Waals surface area contributed by atoms with Crippen molar-refractivity contribution in [2.24, 2.45) is 0 Å². The Morgan fingerprint density at radius 3 is 2.47 bits per heavy atom. The third-order valence-corrected chi connectivity index (χ3v) is 10.7. The van der Waals surface area contributed by atoms with E-state index in [0.29, 0.717) is 36.2 Å². The highest BCUT2D eigenvalue weighted by atomic mass is 79.9. The van der Waals surface area contributed by atoms with Crippen LogP contribution < -0.4 is 10.9 Å². The molecule has 0 saturated carbocycles. The van der Waals surface area contributed by atoms with E-state index >= 15 is 4.39 Å². The summed E-state index contributed by atoms with van der Waals surface area (Å²) in [6.45, 7) is 6.70. The number of rotatable bonds is 5. The fraction of sp³-hybridized carbons (Fsp3) is 0.371. The Labute approximate surface area is 307 Å². The van der Waals surface area contributed by atoms with E-state index in [1.807, 2.05) is 6.92 Å². The van der Waals surface area contributed by atoms with E-state index in [9.17, 15) is 32.7 Å². The highest BCUT2D eigenvalue weighted by Crippen LogP contribution is 2.50. The van der Waals surface area contributed by atoms with Gasteiger partial charge in [0.15, 0.2) is 23.1 Å². The van der Waals surface area contributed by atoms with Crippen molar-refractivity contribution in [2.75, 3.05) is 18.4 Å². The average Bonchev–Trinajstić information content (AvgIpc) is 3.66. The van der Waals surface area contributed by atoms with E-state index in [1.165, 1.54) is 19.3 Å².